The van der Waals surface area contributed by atoms with Gasteiger partial charge < -0.3 is 10.6 Å². The van der Waals surface area contributed by atoms with E-state index in [4.69, 9.17) is 0 Å². The summed E-state index contributed by atoms with van der Waals surface area (Å²) in [5, 5.41) is 5.68. The van der Waals surface area contributed by atoms with Crippen molar-refractivity contribution in [3.63, 3.8) is 0 Å². The Balaban J connectivity index is 1.94. The second-order valence-corrected chi connectivity index (χ2v) is 8.62. The molecule has 2 aromatic rings. The zero-order valence-electron chi connectivity index (χ0n) is 18.5. The van der Waals surface area contributed by atoms with Gasteiger partial charge in [-0.2, -0.15) is 0 Å². The summed E-state index contributed by atoms with van der Waals surface area (Å²) < 4.78 is 1.03. The lowest BCUT2D eigenvalue weighted by Gasteiger charge is -2.29. The maximum atomic E-state index is 12.5. The van der Waals surface area contributed by atoms with Crippen LogP contribution in [0.2, 0.25) is 0 Å². The van der Waals surface area contributed by atoms with Crippen LogP contribution in [-0.4, -0.2) is 36.3 Å². The molecular formula is C24H32BrN3O2. The van der Waals surface area contributed by atoms with E-state index in [1.54, 1.807) is 0 Å². The van der Waals surface area contributed by atoms with Gasteiger partial charge in [0.05, 0.1) is 13.1 Å². The number of rotatable bonds is 9. The van der Waals surface area contributed by atoms with Gasteiger partial charge >= 0.3 is 0 Å². The smallest absolute Gasteiger partial charge is 0.243 e. The van der Waals surface area contributed by atoms with Crippen molar-refractivity contribution in [3.05, 3.63) is 63.1 Å². The van der Waals surface area contributed by atoms with Crippen LogP contribution < -0.4 is 10.6 Å². The van der Waals surface area contributed by atoms with Gasteiger partial charge in [0, 0.05) is 16.2 Å². The first-order chi connectivity index (χ1) is 14.2. The molecule has 0 fully saturated rings. The highest BCUT2D eigenvalue weighted by Crippen LogP contribution is 2.27. The predicted molar refractivity (Wildman–Crippen MR) is 127 cm³/mol. The van der Waals surface area contributed by atoms with E-state index in [1.807, 2.05) is 51.1 Å². The standard InChI is InChI=1S/C24H32BrN3O2/c1-6-11-28(19(5)20-9-7-8-10-21(20)25)15-23(30)26-14-22(29)27-24-17(3)12-16(2)13-18(24)4/h7-10,12-13,19H,6,11,14-15H2,1-5H3,(H,26,30)(H,27,29)/t19-/m0/s1. The second-order valence-electron chi connectivity index (χ2n) is 7.77. The van der Waals surface area contributed by atoms with Crippen LogP contribution in [0.4, 0.5) is 5.69 Å². The molecule has 0 spiro atoms. The summed E-state index contributed by atoms with van der Waals surface area (Å²) in [7, 11) is 0. The zero-order valence-corrected chi connectivity index (χ0v) is 20.1. The molecule has 6 heteroatoms. The van der Waals surface area contributed by atoms with Gasteiger partial charge in [0.15, 0.2) is 0 Å². The fourth-order valence-electron chi connectivity index (χ4n) is 3.69. The predicted octanol–water partition coefficient (Wildman–Crippen LogP) is 4.90. The largest absolute Gasteiger partial charge is 0.346 e. The Hall–Kier alpha value is -2.18. The second kappa shape index (κ2) is 11.3. The number of carbonyl (C=O) groups excluding carboxylic acids is 2. The van der Waals surface area contributed by atoms with Gasteiger partial charge in [-0.3, -0.25) is 14.5 Å². The molecule has 0 unspecified atom stereocenters. The fraction of sp³-hybridized carbons (Fsp3) is 0.417. The number of benzene rings is 2. The normalized spacial score (nSPS) is 12.0. The Morgan fingerprint density at radius 2 is 1.70 bits per heavy atom. The number of amides is 2. The van der Waals surface area contributed by atoms with E-state index in [2.05, 4.69) is 51.4 Å². The summed E-state index contributed by atoms with van der Waals surface area (Å²) in [5.74, 6) is -0.380. The Morgan fingerprint density at radius 1 is 1.07 bits per heavy atom. The van der Waals surface area contributed by atoms with E-state index in [1.165, 1.54) is 0 Å². The van der Waals surface area contributed by atoms with Crippen molar-refractivity contribution >= 4 is 33.4 Å². The third kappa shape index (κ3) is 6.67. The van der Waals surface area contributed by atoms with Gasteiger partial charge in [-0.05, 0) is 63.4 Å². The molecule has 2 aromatic carbocycles. The number of halogens is 1. The van der Waals surface area contributed by atoms with Crippen molar-refractivity contribution in [2.75, 3.05) is 25.0 Å². The topological polar surface area (TPSA) is 61.4 Å². The van der Waals surface area contributed by atoms with Crippen molar-refractivity contribution in [1.82, 2.24) is 10.2 Å². The zero-order chi connectivity index (χ0) is 22.3. The molecule has 0 saturated carbocycles. The lowest BCUT2D eigenvalue weighted by Crippen LogP contribution is -2.41. The molecule has 0 aliphatic carbocycles. The highest BCUT2D eigenvalue weighted by molar-refractivity contribution is 9.10. The molecule has 0 bridgehead atoms. The Labute approximate surface area is 188 Å². The van der Waals surface area contributed by atoms with Gasteiger partial charge in [0.1, 0.15) is 0 Å². The highest BCUT2D eigenvalue weighted by atomic mass is 79.9. The number of aryl methyl sites for hydroxylation is 3. The molecular weight excluding hydrogens is 442 g/mol. The van der Waals surface area contributed by atoms with Crippen LogP contribution in [-0.2, 0) is 9.59 Å². The SMILES string of the molecule is CCCN(CC(=O)NCC(=O)Nc1c(C)cc(C)cc1C)[C@@H](C)c1ccccc1Br. The molecule has 2 rings (SSSR count). The van der Waals surface area contributed by atoms with Crippen molar-refractivity contribution in [3.8, 4) is 0 Å². The summed E-state index contributed by atoms with van der Waals surface area (Å²) in [5.41, 5.74) is 5.15. The minimum Gasteiger partial charge on any atom is -0.346 e. The van der Waals surface area contributed by atoms with Crippen LogP contribution in [0.25, 0.3) is 0 Å². The van der Waals surface area contributed by atoms with Crippen LogP contribution >= 0.6 is 15.9 Å². The van der Waals surface area contributed by atoms with Crippen molar-refractivity contribution in [1.29, 1.82) is 0 Å². The minimum atomic E-state index is -0.223. The van der Waals surface area contributed by atoms with Gasteiger partial charge in [-0.15, -0.1) is 0 Å². The van der Waals surface area contributed by atoms with E-state index >= 15 is 0 Å². The lowest BCUT2D eigenvalue weighted by molar-refractivity contribution is -0.125. The van der Waals surface area contributed by atoms with E-state index in [0.717, 1.165) is 45.4 Å². The maximum Gasteiger partial charge on any atom is 0.243 e. The van der Waals surface area contributed by atoms with Gasteiger partial charge in [-0.1, -0.05) is 58.7 Å². The summed E-state index contributed by atoms with van der Waals surface area (Å²) in [6, 6.07) is 12.2. The monoisotopic (exact) mass is 473 g/mol. The number of hydrogen-bond acceptors (Lipinski definition) is 3. The number of hydrogen-bond donors (Lipinski definition) is 2. The fourth-order valence-corrected chi connectivity index (χ4v) is 4.30. The van der Waals surface area contributed by atoms with Crippen LogP contribution in [0.5, 0.6) is 0 Å². The summed E-state index contributed by atoms with van der Waals surface area (Å²) >= 11 is 3.60. The lowest BCUT2D eigenvalue weighted by atomic mass is 10.1. The molecule has 1 atom stereocenters. The molecule has 0 heterocycles. The van der Waals surface area contributed by atoms with Crippen LogP contribution in [0.15, 0.2) is 40.9 Å². The van der Waals surface area contributed by atoms with Gasteiger partial charge in [0.2, 0.25) is 11.8 Å². The maximum absolute atomic E-state index is 12.5. The molecule has 2 amide bonds. The minimum absolute atomic E-state index is 0.0467. The quantitative estimate of drug-likeness (QED) is 0.544. The summed E-state index contributed by atoms with van der Waals surface area (Å²) in [6.07, 6.45) is 0.939. The van der Waals surface area contributed by atoms with E-state index < -0.39 is 0 Å². The first-order valence-electron chi connectivity index (χ1n) is 10.4. The van der Waals surface area contributed by atoms with Gasteiger partial charge in [0.25, 0.3) is 0 Å². The van der Waals surface area contributed by atoms with Crippen molar-refractivity contribution in [2.45, 2.75) is 47.1 Å². The number of carbonyl (C=O) groups is 2. The Kier molecular flexibility index (Phi) is 9.06. The van der Waals surface area contributed by atoms with E-state index in [9.17, 15) is 9.59 Å². The number of nitrogens with one attached hydrogen (secondary N) is 2. The first-order valence-corrected chi connectivity index (χ1v) is 11.1. The van der Waals surface area contributed by atoms with Crippen LogP contribution in [0, 0.1) is 20.8 Å². The molecule has 0 aliphatic heterocycles. The number of anilines is 1. The van der Waals surface area contributed by atoms with Crippen LogP contribution in [0.3, 0.4) is 0 Å². The third-order valence-corrected chi connectivity index (χ3v) is 5.87. The Morgan fingerprint density at radius 3 is 2.30 bits per heavy atom. The van der Waals surface area contributed by atoms with Crippen molar-refractivity contribution in [2.24, 2.45) is 0 Å². The third-order valence-electron chi connectivity index (χ3n) is 5.15. The molecule has 2 N–H and O–H groups in total. The average molecular weight is 474 g/mol. The summed E-state index contributed by atoms with van der Waals surface area (Å²) in [4.78, 5) is 27.0. The number of nitrogens with zero attached hydrogens (tertiary/aromatic N) is 1. The van der Waals surface area contributed by atoms with Crippen molar-refractivity contribution < 1.29 is 9.59 Å². The molecule has 162 valence electrons. The van der Waals surface area contributed by atoms with E-state index in [0.29, 0.717) is 0 Å². The molecule has 30 heavy (non-hydrogen) atoms. The first kappa shape index (κ1) is 24.1. The summed E-state index contributed by atoms with van der Waals surface area (Å²) in [6.45, 7) is 11.2. The molecule has 0 aromatic heterocycles. The molecule has 0 aliphatic rings. The van der Waals surface area contributed by atoms with E-state index in [-0.39, 0.29) is 30.9 Å². The molecule has 0 radical (unpaired) electrons. The molecule has 5 nitrogen and oxygen atoms in total. The molecule has 0 saturated heterocycles. The Bertz CT molecular complexity index is 875. The average Bonchev–Trinajstić information content (AvgIpc) is 2.68. The highest BCUT2D eigenvalue weighted by Gasteiger charge is 2.20. The van der Waals surface area contributed by atoms with Crippen LogP contribution in [0.1, 0.15) is 48.6 Å². The van der Waals surface area contributed by atoms with Gasteiger partial charge in [-0.25, -0.2) is 0 Å².